The van der Waals surface area contributed by atoms with Crippen LogP contribution in [0.25, 0.3) is 0 Å². The molecule has 30 heavy (non-hydrogen) atoms. The second kappa shape index (κ2) is 15.1. The van der Waals surface area contributed by atoms with E-state index in [0.717, 1.165) is 70.1 Å². The van der Waals surface area contributed by atoms with Crippen LogP contribution >= 0.6 is 24.0 Å². The number of hydrogen-bond donors (Lipinski definition) is 1. The lowest BCUT2D eigenvalue weighted by Gasteiger charge is -2.37. The minimum atomic E-state index is -0.0835. The molecule has 0 atom stereocenters. The van der Waals surface area contributed by atoms with Crippen molar-refractivity contribution in [3.8, 4) is 5.75 Å². The van der Waals surface area contributed by atoms with Gasteiger partial charge in [0.2, 0.25) is 0 Å². The lowest BCUT2D eigenvalue weighted by atomic mass is 10.1. The lowest BCUT2D eigenvalue weighted by molar-refractivity contribution is -0.143. The highest BCUT2D eigenvalue weighted by molar-refractivity contribution is 14.0. The lowest BCUT2D eigenvalue weighted by Crippen LogP contribution is -2.52. The monoisotopic (exact) mass is 532 g/mol. The third-order valence-corrected chi connectivity index (χ3v) is 5.12. The minimum Gasteiger partial charge on any atom is -0.497 e. The van der Waals surface area contributed by atoms with Crippen molar-refractivity contribution in [2.45, 2.75) is 39.0 Å². The van der Waals surface area contributed by atoms with Crippen LogP contribution in [-0.4, -0.2) is 70.3 Å². The number of methoxy groups -OCH3 is 1. The number of esters is 1. The Kier molecular flexibility index (Phi) is 13.3. The van der Waals surface area contributed by atoms with Gasteiger partial charge in [-0.25, -0.2) is 0 Å². The van der Waals surface area contributed by atoms with Crippen molar-refractivity contribution in [3.05, 3.63) is 24.3 Å². The number of benzene rings is 1. The summed E-state index contributed by atoms with van der Waals surface area (Å²) in [4.78, 5) is 20.5. The van der Waals surface area contributed by atoms with Gasteiger partial charge in [-0.1, -0.05) is 12.8 Å². The van der Waals surface area contributed by atoms with E-state index >= 15 is 0 Å². The number of carbonyl (C=O) groups is 1. The SMILES string of the molecule is CCOC(=O)CCCCCCNC(=NC)N1CCN(c2ccc(OC)cc2)CC1.I. The number of rotatable bonds is 10. The molecule has 1 aliphatic rings. The molecule has 1 saturated heterocycles. The molecule has 0 saturated carbocycles. The van der Waals surface area contributed by atoms with Crippen LogP contribution in [0.2, 0.25) is 0 Å². The van der Waals surface area contributed by atoms with E-state index in [1.807, 2.05) is 26.1 Å². The van der Waals surface area contributed by atoms with Crippen molar-refractivity contribution < 1.29 is 14.3 Å². The van der Waals surface area contributed by atoms with E-state index in [0.29, 0.717) is 13.0 Å². The van der Waals surface area contributed by atoms with Crippen molar-refractivity contribution in [2.75, 3.05) is 58.4 Å². The molecule has 0 radical (unpaired) electrons. The average molecular weight is 532 g/mol. The number of unbranched alkanes of at least 4 members (excludes halogenated alkanes) is 3. The van der Waals surface area contributed by atoms with Crippen LogP contribution in [0.5, 0.6) is 5.75 Å². The summed E-state index contributed by atoms with van der Waals surface area (Å²) in [6.07, 6.45) is 4.67. The van der Waals surface area contributed by atoms with Gasteiger partial charge in [0, 0.05) is 51.9 Å². The highest BCUT2D eigenvalue weighted by Gasteiger charge is 2.19. The molecule has 2 rings (SSSR count). The number of piperazine rings is 1. The third-order valence-electron chi connectivity index (χ3n) is 5.12. The van der Waals surface area contributed by atoms with Crippen LogP contribution in [0.3, 0.4) is 0 Å². The molecule has 0 aliphatic carbocycles. The van der Waals surface area contributed by atoms with E-state index < -0.39 is 0 Å². The van der Waals surface area contributed by atoms with E-state index in [9.17, 15) is 4.79 Å². The van der Waals surface area contributed by atoms with Gasteiger partial charge >= 0.3 is 5.97 Å². The number of halogens is 1. The summed E-state index contributed by atoms with van der Waals surface area (Å²) >= 11 is 0. The molecule has 1 aromatic rings. The number of nitrogens with one attached hydrogen (secondary N) is 1. The molecule has 170 valence electrons. The van der Waals surface area contributed by atoms with Gasteiger partial charge in [0.1, 0.15) is 5.75 Å². The number of aliphatic imine (C=N–C) groups is 1. The van der Waals surface area contributed by atoms with E-state index in [4.69, 9.17) is 9.47 Å². The maximum Gasteiger partial charge on any atom is 0.305 e. The highest BCUT2D eigenvalue weighted by atomic mass is 127. The maximum atomic E-state index is 11.3. The van der Waals surface area contributed by atoms with Crippen molar-refractivity contribution in [1.82, 2.24) is 10.2 Å². The second-order valence-electron chi connectivity index (χ2n) is 7.12. The zero-order valence-corrected chi connectivity index (χ0v) is 20.9. The quantitative estimate of drug-likeness (QED) is 0.164. The van der Waals surface area contributed by atoms with Crippen molar-refractivity contribution >= 4 is 41.6 Å². The molecule has 1 aliphatic heterocycles. The number of nitrogens with zero attached hydrogens (tertiary/aromatic N) is 3. The van der Waals surface area contributed by atoms with Gasteiger partial charge in [-0.2, -0.15) is 0 Å². The first-order chi connectivity index (χ1) is 14.2. The molecule has 0 spiro atoms. The summed E-state index contributed by atoms with van der Waals surface area (Å²) in [7, 11) is 3.54. The normalized spacial score (nSPS) is 14.2. The predicted octanol–water partition coefficient (Wildman–Crippen LogP) is 3.52. The van der Waals surface area contributed by atoms with Crippen LogP contribution in [0, 0.1) is 0 Å². The summed E-state index contributed by atoms with van der Waals surface area (Å²) in [6.45, 7) is 7.06. The molecule has 1 aromatic carbocycles. The van der Waals surface area contributed by atoms with Gasteiger partial charge in [0.25, 0.3) is 0 Å². The number of carbonyl (C=O) groups excluding carboxylic acids is 1. The van der Waals surface area contributed by atoms with Gasteiger partial charge in [-0.3, -0.25) is 9.79 Å². The second-order valence-corrected chi connectivity index (χ2v) is 7.12. The largest absolute Gasteiger partial charge is 0.497 e. The van der Waals surface area contributed by atoms with Crippen LogP contribution in [0.4, 0.5) is 5.69 Å². The predicted molar refractivity (Wildman–Crippen MR) is 133 cm³/mol. The first-order valence-corrected chi connectivity index (χ1v) is 10.7. The molecule has 7 nitrogen and oxygen atoms in total. The number of guanidine groups is 1. The molecule has 1 fully saturated rings. The van der Waals surface area contributed by atoms with Crippen LogP contribution in [-0.2, 0) is 9.53 Å². The first-order valence-electron chi connectivity index (χ1n) is 10.7. The average Bonchev–Trinajstić information content (AvgIpc) is 2.76. The Morgan fingerprint density at radius 3 is 2.33 bits per heavy atom. The maximum absolute atomic E-state index is 11.3. The fraction of sp³-hybridized carbons (Fsp3) is 0.636. The van der Waals surface area contributed by atoms with E-state index in [1.54, 1.807) is 7.11 Å². The molecule has 0 unspecified atom stereocenters. The third kappa shape index (κ3) is 8.97. The molecule has 8 heteroatoms. The van der Waals surface area contributed by atoms with E-state index in [1.165, 1.54) is 5.69 Å². The van der Waals surface area contributed by atoms with Crippen LogP contribution < -0.4 is 15.0 Å². The van der Waals surface area contributed by atoms with Gasteiger partial charge in [0.05, 0.1) is 13.7 Å². The Balaban J connectivity index is 0.00000450. The molecule has 1 heterocycles. The molecule has 1 N–H and O–H groups in total. The summed E-state index contributed by atoms with van der Waals surface area (Å²) in [5.74, 6) is 1.78. The van der Waals surface area contributed by atoms with Crippen molar-refractivity contribution in [3.63, 3.8) is 0 Å². The van der Waals surface area contributed by atoms with E-state index in [2.05, 4.69) is 32.2 Å². The van der Waals surface area contributed by atoms with Gasteiger partial charge in [-0.05, 0) is 44.0 Å². The highest BCUT2D eigenvalue weighted by Crippen LogP contribution is 2.20. The summed E-state index contributed by atoms with van der Waals surface area (Å²) < 4.78 is 10.2. The van der Waals surface area contributed by atoms with Gasteiger partial charge in [-0.15, -0.1) is 24.0 Å². The Morgan fingerprint density at radius 1 is 1.07 bits per heavy atom. The topological polar surface area (TPSA) is 66.4 Å². The van der Waals surface area contributed by atoms with E-state index in [-0.39, 0.29) is 29.9 Å². The minimum absolute atomic E-state index is 0. The van der Waals surface area contributed by atoms with Crippen molar-refractivity contribution in [1.29, 1.82) is 0 Å². The molecule has 0 aromatic heterocycles. The van der Waals surface area contributed by atoms with Gasteiger partial charge in [0.15, 0.2) is 5.96 Å². The smallest absolute Gasteiger partial charge is 0.305 e. The fourth-order valence-electron chi connectivity index (χ4n) is 3.48. The Morgan fingerprint density at radius 2 is 1.73 bits per heavy atom. The Hall–Kier alpha value is -1.71. The van der Waals surface area contributed by atoms with Crippen LogP contribution in [0.15, 0.2) is 29.3 Å². The summed E-state index contributed by atoms with van der Waals surface area (Å²) in [5, 5.41) is 3.48. The fourth-order valence-corrected chi connectivity index (χ4v) is 3.48. The Labute approximate surface area is 198 Å². The summed E-state index contributed by atoms with van der Waals surface area (Å²) in [6, 6.07) is 8.25. The molecule has 0 amide bonds. The number of hydrogen-bond acceptors (Lipinski definition) is 5. The van der Waals surface area contributed by atoms with Crippen LogP contribution in [0.1, 0.15) is 39.0 Å². The summed E-state index contributed by atoms with van der Waals surface area (Å²) in [5.41, 5.74) is 1.23. The standard InChI is InChI=1S/C22H36N4O3.HI/c1-4-29-21(27)9-7-5-6-8-14-24-22(23-2)26-17-15-25(16-18-26)19-10-12-20(28-3)13-11-19;/h10-13H,4-9,14-18H2,1-3H3,(H,23,24);1H. The molecular formula is C22H37IN4O3. The van der Waals surface area contributed by atoms with Gasteiger partial charge < -0.3 is 24.6 Å². The van der Waals surface area contributed by atoms with Crippen molar-refractivity contribution in [2.24, 2.45) is 4.99 Å². The molecule has 0 bridgehead atoms. The first kappa shape index (κ1) is 26.3. The number of anilines is 1. The Bertz CT molecular complexity index is 632. The zero-order valence-electron chi connectivity index (χ0n) is 18.6. The molecular weight excluding hydrogens is 495 g/mol. The number of ether oxygens (including phenoxy) is 2. The zero-order chi connectivity index (χ0) is 20.9.